The molecule has 1 aliphatic heterocycles. The molecule has 0 radical (unpaired) electrons. The van der Waals surface area contributed by atoms with E-state index in [2.05, 4.69) is 34.0 Å². The number of ether oxygens (including phenoxy) is 1. The van der Waals surface area contributed by atoms with Crippen LogP contribution < -0.4 is 5.43 Å². The van der Waals surface area contributed by atoms with Gasteiger partial charge in [0.2, 0.25) is 0 Å². The van der Waals surface area contributed by atoms with E-state index in [0.717, 1.165) is 30.6 Å². The Labute approximate surface area is 125 Å². The predicted molar refractivity (Wildman–Crippen MR) is 81.0 cm³/mol. The molecule has 3 nitrogen and oxygen atoms in total. The molecule has 1 aliphatic rings. The largest absolute Gasteiger partial charge is 0.379 e. The third-order valence-electron chi connectivity index (χ3n) is 3.03. The Morgan fingerprint density at radius 1 is 1.21 bits per heavy atom. The number of thiophene rings is 2. The lowest BCUT2D eigenvalue weighted by Crippen LogP contribution is -2.47. The third-order valence-corrected chi connectivity index (χ3v) is 5.26. The lowest BCUT2D eigenvalue weighted by molar-refractivity contribution is 0.00695. The first-order valence-corrected chi connectivity index (χ1v) is 8.28. The minimum atomic E-state index is 0.190. The van der Waals surface area contributed by atoms with Gasteiger partial charge in [0.15, 0.2) is 0 Å². The van der Waals surface area contributed by atoms with Crippen LogP contribution >= 0.6 is 34.3 Å². The van der Waals surface area contributed by atoms with Crippen molar-refractivity contribution in [3.63, 3.8) is 0 Å². The first kappa shape index (κ1) is 13.5. The molecule has 0 amide bonds. The van der Waals surface area contributed by atoms with Crippen molar-refractivity contribution in [3.05, 3.63) is 43.7 Å². The summed E-state index contributed by atoms with van der Waals surface area (Å²) in [5.41, 5.74) is 3.60. The molecule has 0 aromatic carbocycles. The predicted octanol–water partition coefficient (Wildman–Crippen LogP) is 3.39. The summed E-state index contributed by atoms with van der Waals surface area (Å²) < 4.78 is 6.22. The van der Waals surface area contributed by atoms with E-state index in [-0.39, 0.29) is 6.04 Å². The van der Waals surface area contributed by atoms with Crippen LogP contribution in [0.2, 0.25) is 4.34 Å². The number of halogens is 1. The highest BCUT2D eigenvalue weighted by Crippen LogP contribution is 2.33. The monoisotopic (exact) mass is 314 g/mol. The normalized spacial score (nSPS) is 18.6. The van der Waals surface area contributed by atoms with Crippen molar-refractivity contribution in [2.24, 2.45) is 0 Å². The molecule has 2 aromatic rings. The van der Waals surface area contributed by atoms with Crippen molar-refractivity contribution in [1.82, 2.24) is 10.4 Å². The fourth-order valence-electron chi connectivity index (χ4n) is 2.08. The summed E-state index contributed by atoms with van der Waals surface area (Å²) in [4.78, 5) is 2.56. The smallest absolute Gasteiger partial charge is 0.0931 e. The maximum absolute atomic E-state index is 6.07. The Balaban J connectivity index is 1.80. The van der Waals surface area contributed by atoms with Crippen LogP contribution in [0.3, 0.4) is 0 Å². The van der Waals surface area contributed by atoms with Gasteiger partial charge < -0.3 is 4.74 Å². The molecular weight excluding hydrogens is 300 g/mol. The fraction of sp³-hybridized carbons (Fsp3) is 0.385. The molecule has 1 atom stereocenters. The van der Waals surface area contributed by atoms with Crippen LogP contribution in [0.5, 0.6) is 0 Å². The van der Waals surface area contributed by atoms with Crippen molar-refractivity contribution >= 4 is 34.3 Å². The lowest BCUT2D eigenvalue weighted by Gasteiger charge is -2.31. The van der Waals surface area contributed by atoms with Gasteiger partial charge in [-0.15, -0.1) is 22.7 Å². The van der Waals surface area contributed by atoms with Gasteiger partial charge in [-0.3, -0.25) is 0 Å². The molecule has 1 unspecified atom stereocenters. The first-order chi connectivity index (χ1) is 9.33. The van der Waals surface area contributed by atoms with Crippen LogP contribution in [-0.2, 0) is 4.74 Å². The van der Waals surface area contributed by atoms with E-state index in [9.17, 15) is 0 Å². The Hall–Kier alpha value is -0.430. The van der Waals surface area contributed by atoms with Crippen LogP contribution in [0, 0.1) is 0 Å². The maximum atomic E-state index is 6.07. The van der Waals surface area contributed by atoms with Crippen LogP contribution in [0.25, 0.3) is 0 Å². The number of nitrogens with zero attached hydrogens (tertiary/aromatic N) is 1. The van der Waals surface area contributed by atoms with Crippen molar-refractivity contribution in [3.8, 4) is 0 Å². The van der Waals surface area contributed by atoms with Gasteiger partial charge in [0.25, 0.3) is 0 Å². The average molecular weight is 315 g/mol. The van der Waals surface area contributed by atoms with E-state index >= 15 is 0 Å². The zero-order chi connectivity index (χ0) is 13.1. The molecule has 0 bridgehead atoms. The van der Waals surface area contributed by atoms with Crippen molar-refractivity contribution in [1.29, 1.82) is 0 Å². The molecule has 3 heterocycles. The van der Waals surface area contributed by atoms with Crippen LogP contribution in [0.4, 0.5) is 0 Å². The standard InChI is InChI=1S/C13H15ClN2OS2/c14-12-4-3-11(19-12)13(10-2-1-9-18-10)15-16-5-7-17-8-6-16/h1-4,9,13,15H,5-8H2. The SMILES string of the molecule is Clc1ccc(C(NN2CCOCC2)c2cccs2)s1. The molecular formula is C13H15ClN2OS2. The maximum Gasteiger partial charge on any atom is 0.0931 e. The van der Waals surface area contributed by atoms with Gasteiger partial charge in [0.05, 0.1) is 23.6 Å². The second-order valence-electron chi connectivity index (χ2n) is 4.32. The van der Waals surface area contributed by atoms with Crippen molar-refractivity contribution in [2.45, 2.75) is 6.04 Å². The zero-order valence-corrected chi connectivity index (χ0v) is 12.7. The van der Waals surface area contributed by atoms with Crippen LogP contribution in [0.15, 0.2) is 29.6 Å². The highest BCUT2D eigenvalue weighted by Gasteiger charge is 2.21. The van der Waals surface area contributed by atoms with Crippen molar-refractivity contribution < 1.29 is 4.74 Å². The topological polar surface area (TPSA) is 24.5 Å². The van der Waals surface area contributed by atoms with Gasteiger partial charge in [-0.25, -0.2) is 10.4 Å². The first-order valence-electron chi connectivity index (χ1n) is 6.20. The minimum absolute atomic E-state index is 0.190. The fourth-order valence-corrected chi connectivity index (χ4v) is 4.07. The molecule has 0 spiro atoms. The molecule has 0 saturated carbocycles. The van der Waals surface area contributed by atoms with Gasteiger partial charge in [-0.1, -0.05) is 17.7 Å². The Kier molecular flexibility index (Phi) is 4.53. The van der Waals surface area contributed by atoms with Crippen molar-refractivity contribution in [2.75, 3.05) is 26.3 Å². The molecule has 6 heteroatoms. The molecule has 2 aromatic heterocycles. The van der Waals surface area contributed by atoms with E-state index in [0.29, 0.717) is 0 Å². The summed E-state index contributed by atoms with van der Waals surface area (Å²) in [6.07, 6.45) is 0. The summed E-state index contributed by atoms with van der Waals surface area (Å²) in [5, 5.41) is 4.35. The van der Waals surface area contributed by atoms with Gasteiger partial charge in [-0.05, 0) is 23.6 Å². The quantitative estimate of drug-likeness (QED) is 0.936. The molecule has 0 aliphatic carbocycles. The van der Waals surface area contributed by atoms with Gasteiger partial charge in [0, 0.05) is 22.8 Å². The summed E-state index contributed by atoms with van der Waals surface area (Å²) >= 11 is 9.47. The van der Waals surface area contributed by atoms with E-state index < -0.39 is 0 Å². The Bertz CT molecular complexity index is 508. The van der Waals surface area contributed by atoms with Crippen LogP contribution in [0.1, 0.15) is 15.8 Å². The number of rotatable bonds is 4. The highest BCUT2D eigenvalue weighted by atomic mass is 35.5. The van der Waals surface area contributed by atoms with E-state index in [1.165, 1.54) is 9.75 Å². The molecule has 1 N–H and O–H groups in total. The van der Waals surface area contributed by atoms with E-state index in [1.54, 1.807) is 22.7 Å². The summed E-state index contributed by atoms with van der Waals surface area (Å²) in [7, 11) is 0. The number of nitrogens with one attached hydrogen (secondary N) is 1. The molecule has 19 heavy (non-hydrogen) atoms. The Morgan fingerprint density at radius 2 is 2.05 bits per heavy atom. The molecule has 1 fully saturated rings. The number of hydrazine groups is 1. The summed E-state index contributed by atoms with van der Waals surface area (Å²) in [5.74, 6) is 0. The van der Waals surface area contributed by atoms with Crippen LogP contribution in [-0.4, -0.2) is 31.3 Å². The lowest BCUT2D eigenvalue weighted by atomic mass is 10.2. The highest BCUT2D eigenvalue weighted by molar-refractivity contribution is 7.16. The number of hydrogen-bond donors (Lipinski definition) is 1. The number of hydrogen-bond acceptors (Lipinski definition) is 5. The third kappa shape index (κ3) is 3.37. The second-order valence-corrected chi connectivity index (χ2v) is 7.04. The van der Waals surface area contributed by atoms with Gasteiger partial charge in [-0.2, -0.15) is 0 Å². The van der Waals surface area contributed by atoms with Gasteiger partial charge in [0.1, 0.15) is 0 Å². The number of morpholine rings is 1. The van der Waals surface area contributed by atoms with Gasteiger partial charge >= 0.3 is 0 Å². The van der Waals surface area contributed by atoms with E-state index in [4.69, 9.17) is 16.3 Å². The second kappa shape index (κ2) is 6.35. The average Bonchev–Trinajstić information content (AvgIpc) is 3.09. The molecule has 102 valence electrons. The summed E-state index contributed by atoms with van der Waals surface area (Å²) in [6, 6.07) is 8.50. The minimum Gasteiger partial charge on any atom is -0.379 e. The molecule has 1 saturated heterocycles. The molecule has 3 rings (SSSR count). The zero-order valence-electron chi connectivity index (χ0n) is 10.3. The Morgan fingerprint density at radius 3 is 2.68 bits per heavy atom. The van der Waals surface area contributed by atoms with E-state index in [1.807, 2.05) is 6.07 Å². The summed E-state index contributed by atoms with van der Waals surface area (Å²) in [6.45, 7) is 3.41.